The van der Waals surface area contributed by atoms with Gasteiger partial charge >= 0.3 is 0 Å². The monoisotopic (exact) mass is 407 g/mol. The molecule has 1 atom stereocenters. The van der Waals surface area contributed by atoms with E-state index in [0.717, 1.165) is 31.2 Å². The van der Waals surface area contributed by atoms with Crippen LogP contribution in [0.15, 0.2) is 29.8 Å². The minimum Gasteiger partial charge on any atom is -0.493 e. The first-order valence-electron chi connectivity index (χ1n) is 9.86. The molecule has 1 aliphatic carbocycles. The summed E-state index contributed by atoms with van der Waals surface area (Å²) in [6, 6.07) is 6.12. The molecular weight excluding hydrogens is 378 g/mol. The highest BCUT2D eigenvalue weighted by atomic mass is 35.5. The minimum absolute atomic E-state index is 0.0258. The predicted octanol–water partition coefficient (Wildman–Crippen LogP) is 4.52. The second kappa shape index (κ2) is 8.75. The van der Waals surface area contributed by atoms with Gasteiger partial charge in [0.15, 0.2) is 11.5 Å². The van der Waals surface area contributed by atoms with Crippen molar-refractivity contribution in [2.75, 3.05) is 20.3 Å². The molecule has 1 aliphatic heterocycles. The third kappa shape index (κ3) is 5.42. The Bertz CT molecular complexity index is 729. The summed E-state index contributed by atoms with van der Waals surface area (Å²) in [5, 5.41) is 0.421. The Hall–Kier alpha value is -1.72. The van der Waals surface area contributed by atoms with Crippen molar-refractivity contribution in [3.05, 3.63) is 35.4 Å². The third-order valence-electron chi connectivity index (χ3n) is 5.28. The number of hydrogen-bond acceptors (Lipinski definition) is 4. The van der Waals surface area contributed by atoms with Gasteiger partial charge in [-0.15, -0.1) is 0 Å². The summed E-state index contributed by atoms with van der Waals surface area (Å²) in [5.41, 5.74) is 0.779. The van der Waals surface area contributed by atoms with E-state index in [1.165, 1.54) is 0 Å². The first-order valence-corrected chi connectivity index (χ1v) is 10.2. The topological polar surface area (TPSA) is 48.0 Å². The van der Waals surface area contributed by atoms with Crippen molar-refractivity contribution in [1.29, 1.82) is 0 Å². The Kier molecular flexibility index (Phi) is 6.56. The van der Waals surface area contributed by atoms with Crippen molar-refractivity contribution in [3.8, 4) is 11.5 Å². The van der Waals surface area contributed by atoms with Crippen molar-refractivity contribution < 1.29 is 19.0 Å². The molecule has 0 unspecified atom stereocenters. The van der Waals surface area contributed by atoms with Crippen LogP contribution >= 0.6 is 11.6 Å². The van der Waals surface area contributed by atoms with E-state index in [1.807, 2.05) is 23.1 Å². The number of nitrogens with zero attached hydrogens (tertiary/aromatic N) is 1. The van der Waals surface area contributed by atoms with E-state index in [2.05, 4.69) is 20.4 Å². The summed E-state index contributed by atoms with van der Waals surface area (Å²) < 4.78 is 16.9. The Morgan fingerprint density at radius 1 is 1.32 bits per heavy atom. The van der Waals surface area contributed by atoms with Gasteiger partial charge in [-0.25, -0.2) is 0 Å². The zero-order valence-corrected chi connectivity index (χ0v) is 17.8. The van der Waals surface area contributed by atoms with Gasteiger partial charge in [0.1, 0.15) is 6.61 Å². The summed E-state index contributed by atoms with van der Waals surface area (Å²) >= 11 is 5.82. The molecule has 1 saturated heterocycles. The quantitative estimate of drug-likeness (QED) is 0.635. The maximum atomic E-state index is 13.3. The summed E-state index contributed by atoms with van der Waals surface area (Å²) in [4.78, 5) is 15.3. The van der Waals surface area contributed by atoms with Gasteiger partial charge in [0.05, 0.1) is 12.7 Å². The normalized spacial score (nSPS) is 21.1. The van der Waals surface area contributed by atoms with Crippen LogP contribution in [0.3, 0.4) is 0 Å². The lowest BCUT2D eigenvalue weighted by Gasteiger charge is -2.37. The fourth-order valence-corrected chi connectivity index (χ4v) is 3.79. The number of ether oxygens (including phenoxy) is 3. The SMILES string of the molecule is C=C(Cl)COc1cc(CN(C(=O)[C@@H]2CCOC(C)(C)C2)C2CC2)ccc1OC. The van der Waals surface area contributed by atoms with E-state index in [4.69, 9.17) is 25.8 Å². The fourth-order valence-electron chi connectivity index (χ4n) is 3.74. The van der Waals surface area contributed by atoms with Gasteiger partial charge in [0, 0.05) is 30.1 Å². The number of halogens is 1. The first-order chi connectivity index (χ1) is 13.3. The van der Waals surface area contributed by atoms with Crippen LogP contribution in [-0.4, -0.2) is 42.8 Å². The van der Waals surface area contributed by atoms with Gasteiger partial charge in [-0.1, -0.05) is 24.2 Å². The maximum Gasteiger partial charge on any atom is 0.226 e. The predicted molar refractivity (Wildman–Crippen MR) is 110 cm³/mol. The number of benzene rings is 1. The molecule has 0 spiro atoms. The highest BCUT2D eigenvalue weighted by molar-refractivity contribution is 6.29. The molecule has 0 radical (unpaired) electrons. The number of carbonyl (C=O) groups is 1. The summed E-state index contributed by atoms with van der Waals surface area (Å²) in [7, 11) is 1.60. The molecule has 1 aromatic rings. The van der Waals surface area contributed by atoms with E-state index in [1.54, 1.807) is 7.11 Å². The maximum absolute atomic E-state index is 13.3. The molecule has 1 saturated carbocycles. The zero-order valence-electron chi connectivity index (χ0n) is 17.0. The largest absolute Gasteiger partial charge is 0.493 e. The van der Waals surface area contributed by atoms with Gasteiger partial charge in [-0.05, 0) is 57.2 Å². The summed E-state index contributed by atoms with van der Waals surface area (Å²) in [6.45, 7) is 9.20. The standard InChI is InChI=1S/C22H30ClNO4/c1-15(23)14-27-20-11-16(5-8-19(20)26-4)13-24(18-6-7-18)21(25)17-9-10-28-22(2,3)12-17/h5,8,11,17-18H,1,6-7,9-10,12-14H2,2-4H3/t17-/m1/s1. The molecule has 1 amide bonds. The lowest BCUT2D eigenvalue weighted by atomic mass is 9.87. The fraction of sp³-hybridized carbons (Fsp3) is 0.591. The average molecular weight is 408 g/mol. The van der Waals surface area contributed by atoms with Crippen LogP contribution in [0.25, 0.3) is 0 Å². The molecule has 154 valence electrons. The van der Waals surface area contributed by atoms with Gasteiger partial charge in [0.25, 0.3) is 0 Å². The van der Waals surface area contributed by atoms with Crippen molar-refractivity contribution in [2.45, 2.75) is 57.7 Å². The number of methoxy groups -OCH3 is 1. The molecule has 2 aliphatic rings. The van der Waals surface area contributed by atoms with Crippen LogP contribution in [0.2, 0.25) is 0 Å². The van der Waals surface area contributed by atoms with Crippen molar-refractivity contribution in [2.24, 2.45) is 5.92 Å². The van der Waals surface area contributed by atoms with Gasteiger partial charge in [-0.2, -0.15) is 0 Å². The third-order valence-corrected chi connectivity index (χ3v) is 5.39. The highest BCUT2D eigenvalue weighted by Crippen LogP contribution is 2.36. The molecule has 0 aromatic heterocycles. The van der Waals surface area contributed by atoms with Crippen LogP contribution < -0.4 is 9.47 Å². The molecule has 3 rings (SSSR count). The Morgan fingerprint density at radius 3 is 2.68 bits per heavy atom. The Balaban J connectivity index is 1.74. The van der Waals surface area contributed by atoms with Crippen molar-refractivity contribution in [1.82, 2.24) is 4.90 Å². The first kappa shape index (κ1) is 21.0. The highest BCUT2D eigenvalue weighted by Gasteiger charge is 2.39. The molecule has 6 heteroatoms. The number of carbonyl (C=O) groups excluding carboxylic acids is 1. The molecule has 2 fully saturated rings. The molecule has 1 heterocycles. The zero-order chi connectivity index (χ0) is 20.3. The second-order valence-corrected chi connectivity index (χ2v) is 8.82. The van der Waals surface area contributed by atoms with Crippen LogP contribution in [0.1, 0.15) is 45.1 Å². The van der Waals surface area contributed by atoms with Crippen LogP contribution in [-0.2, 0) is 16.1 Å². The molecular formula is C22H30ClNO4. The van der Waals surface area contributed by atoms with E-state index < -0.39 is 0 Å². The van der Waals surface area contributed by atoms with Crippen LogP contribution in [0.4, 0.5) is 0 Å². The van der Waals surface area contributed by atoms with Gasteiger partial charge in [-0.3, -0.25) is 4.79 Å². The van der Waals surface area contributed by atoms with Crippen LogP contribution in [0.5, 0.6) is 11.5 Å². The van der Waals surface area contributed by atoms with Gasteiger partial charge in [0.2, 0.25) is 5.91 Å². The van der Waals surface area contributed by atoms with E-state index in [9.17, 15) is 4.79 Å². The number of hydrogen-bond donors (Lipinski definition) is 0. The Morgan fingerprint density at radius 2 is 2.07 bits per heavy atom. The van der Waals surface area contributed by atoms with Crippen molar-refractivity contribution >= 4 is 17.5 Å². The minimum atomic E-state index is -0.237. The van der Waals surface area contributed by atoms with E-state index in [0.29, 0.717) is 35.7 Å². The lowest BCUT2D eigenvalue weighted by molar-refractivity contribution is -0.146. The Labute approximate surface area is 172 Å². The molecule has 1 aromatic carbocycles. The smallest absolute Gasteiger partial charge is 0.226 e. The number of amides is 1. The molecule has 0 bridgehead atoms. The lowest BCUT2D eigenvalue weighted by Crippen LogP contribution is -2.44. The second-order valence-electron chi connectivity index (χ2n) is 8.29. The molecule has 5 nitrogen and oxygen atoms in total. The van der Waals surface area contributed by atoms with Gasteiger partial charge < -0.3 is 19.1 Å². The number of rotatable bonds is 8. The van der Waals surface area contributed by atoms with E-state index >= 15 is 0 Å². The van der Waals surface area contributed by atoms with Crippen LogP contribution in [0, 0.1) is 5.92 Å². The van der Waals surface area contributed by atoms with Crippen molar-refractivity contribution in [3.63, 3.8) is 0 Å². The summed E-state index contributed by atoms with van der Waals surface area (Å²) in [6.07, 6.45) is 3.71. The molecule has 28 heavy (non-hydrogen) atoms. The van der Waals surface area contributed by atoms with E-state index in [-0.39, 0.29) is 24.0 Å². The molecule has 0 N–H and O–H groups in total. The average Bonchev–Trinajstić information content (AvgIpc) is 3.48. The summed E-state index contributed by atoms with van der Waals surface area (Å²) in [5.74, 6) is 1.51.